The van der Waals surface area contributed by atoms with Crippen LogP contribution in [0.1, 0.15) is 21.5 Å². The molecule has 0 saturated carbocycles. The summed E-state index contributed by atoms with van der Waals surface area (Å²) in [7, 11) is 3.43. The predicted molar refractivity (Wildman–Crippen MR) is 89.6 cm³/mol. The second kappa shape index (κ2) is 6.12. The number of nitrogens with zero attached hydrogens (tertiary/aromatic N) is 2. The molecule has 3 aromatic rings. The van der Waals surface area contributed by atoms with Crippen molar-refractivity contribution < 1.29 is 9.53 Å². The van der Waals surface area contributed by atoms with Crippen LogP contribution in [-0.4, -0.2) is 34.9 Å². The Morgan fingerprint density at radius 3 is 2.87 bits per heavy atom. The van der Waals surface area contributed by atoms with Crippen LogP contribution in [0.3, 0.4) is 0 Å². The number of aryl methyl sites for hydroxylation is 1. The lowest BCUT2D eigenvalue weighted by atomic mass is 10.1. The van der Waals surface area contributed by atoms with Gasteiger partial charge in [-0.2, -0.15) is 0 Å². The lowest BCUT2D eigenvalue weighted by Crippen LogP contribution is -2.26. The summed E-state index contributed by atoms with van der Waals surface area (Å²) in [5.41, 5.74) is 4.48. The number of amides is 1. The quantitative estimate of drug-likeness (QED) is 0.805. The fourth-order valence-corrected chi connectivity index (χ4v) is 2.65. The van der Waals surface area contributed by atoms with Gasteiger partial charge in [0.25, 0.3) is 5.91 Å². The third-order valence-electron chi connectivity index (χ3n) is 3.86. The van der Waals surface area contributed by atoms with Crippen LogP contribution in [0.4, 0.5) is 0 Å². The molecule has 0 aliphatic carbocycles. The van der Waals surface area contributed by atoms with Crippen molar-refractivity contribution in [3.05, 3.63) is 59.4 Å². The highest BCUT2D eigenvalue weighted by atomic mass is 16.5. The van der Waals surface area contributed by atoms with Crippen LogP contribution in [0, 0.1) is 6.92 Å². The van der Waals surface area contributed by atoms with Gasteiger partial charge in [-0.1, -0.05) is 17.7 Å². The first-order valence-electron chi connectivity index (χ1n) is 7.40. The number of hydrogen-bond acceptors (Lipinski definition) is 3. The molecule has 0 atom stereocenters. The highest BCUT2D eigenvalue weighted by molar-refractivity contribution is 5.97. The minimum atomic E-state index is -0.0370. The van der Waals surface area contributed by atoms with Crippen LogP contribution in [0.25, 0.3) is 11.0 Å². The summed E-state index contributed by atoms with van der Waals surface area (Å²) >= 11 is 0. The van der Waals surface area contributed by atoms with Crippen LogP contribution >= 0.6 is 0 Å². The Hall–Kier alpha value is -2.82. The van der Waals surface area contributed by atoms with E-state index in [0.29, 0.717) is 12.1 Å². The standard InChI is InChI=1S/C18H19N3O2/c1-12-4-7-17(23-3)14(8-12)10-21(2)18(22)13-5-6-15-16(9-13)20-11-19-15/h4-9,11H,10H2,1-3H3,(H,19,20). The molecular formula is C18H19N3O2. The Labute approximate surface area is 134 Å². The van der Waals surface area contributed by atoms with Crippen molar-refractivity contribution in [3.8, 4) is 5.75 Å². The van der Waals surface area contributed by atoms with E-state index >= 15 is 0 Å². The fourth-order valence-electron chi connectivity index (χ4n) is 2.65. The van der Waals surface area contributed by atoms with Gasteiger partial charge in [-0.05, 0) is 31.2 Å². The van der Waals surface area contributed by atoms with E-state index in [1.165, 1.54) is 0 Å². The Bertz CT molecular complexity index is 854. The van der Waals surface area contributed by atoms with Gasteiger partial charge in [0, 0.05) is 24.7 Å². The van der Waals surface area contributed by atoms with Gasteiger partial charge in [0.05, 0.1) is 24.5 Å². The summed E-state index contributed by atoms with van der Waals surface area (Å²) in [5, 5.41) is 0. The first-order chi connectivity index (χ1) is 11.1. The van der Waals surface area contributed by atoms with Gasteiger partial charge >= 0.3 is 0 Å². The number of nitrogens with one attached hydrogen (secondary N) is 1. The number of carbonyl (C=O) groups is 1. The molecule has 0 aliphatic heterocycles. The van der Waals surface area contributed by atoms with Gasteiger partial charge in [-0.15, -0.1) is 0 Å². The second-order valence-electron chi connectivity index (χ2n) is 5.61. The summed E-state index contributed by atoms with van der Waals surface area (Å²) in [5.74, 6) is 0.754. The molecule has 0 fully saturated rings. The minimum absolute atomic E-state index is 0.0370. The van der Waals surface area contributed by atoms with E-state index in [1.54, 1.807) is 31.5 Å². The molecule has 0 unspecified atom stereocenters. The summed E-state index contributed by atoms with van der Waals surface area (Å²) in [6, 6.07) is 11.4. The number of hydrogen-bond donors (Lipinski definition) is 1. The molecule has 5 nitrogen and oxygen atoms in total. The van der Waals surface area contributed by atoms with Gasteiger partial charge in [0.2, 0.25) is 0 Å². The van der Waals surface area contributed by atoms with Crippen molar-refractivity contribution in [2.24, 2.45) is 0 Å². The van der Waals surface area contributed by atoms with E-state index in [9.17, 15) is 4.79 Å². The molecule has 0 bridgehead atoms. The molecule has 1 amide bonds. The molecule has 0 aliphatic rings. The van der Waals surface area contributed by atoms with Crippen LogP contribution in [0.2, 0.25) is 0 Å². The molecule has 2 aromatic carbocycles. The Morgan fingerprint density at radius 2 is 2.09 bits per heavy atom. The first kappa shape index (κ1) is 15.1. The number of ether oxygens (including phenoxy) is 1. The van der Waals surface area contributed by atoms with Crippen molar-refractivity contribution in [3.63, 3.8) is 0 Å². The monoisotopic (exact) mass is 309 g/mol. The van der Waals surface area contributed by atoms with Gasteiger partial charge in [0.15, 0.2) is 0 Å². The number of H-pyrrole nitrogens is 1. The topological polar surface area (TPSA) is 58.2 Å². The predicted octanol–water partition coefficient (Wildman–Crippen LogP) is 3.15. The number of imidazole rings is 1. The molecular weight excluding hydrogens is 290 g/mol. The highest BCUT2D eigenvalue weighted by Gasteiger charge is 2.15. The molecule has 3 rings (SSSR count). The summed E-state index contributed by atoms with van der Waals surface area (Å²) < 4.78 is 5.38. The summed E-state index contributed by atoms with van der Waals surface area (Å²) in [6.07, 6.45) is 1.63. The van der Waals surface area contributed by atoms with Gasteiger partial charge in [-0.3, -0.25) is 4.79 Å². The molecule has 1 heterocycles. The fraction of sp³-hybridized carbons (Fsp3) is 0.222. The zero-order valence-electron chi connectivity index (χ0n) is 13.5. The van der Waals surface area contributed by atoms with Crippen molar-refractivity contribution in [2.75, 3.05) is 14.2 Å². The maximum Gasteiger partial charge on any atom is 0.253 e. The van der Waals surface area contributed by atoms with Crippen molar-refractivity contribution in [1.29, 1.82) is 0 Å². The molecule has 118 valence electrons. The van der Waals surface area contributed by atoms with Crippen LogP contribution in [0.15, 0.2) is 42.7 Å². The largest absolute Gasteiger partial charge is 0.496 e. The number of benzene rings is 2. The van der Waals surface area contributed by atoms with E-state index in [-0.39, 0.29) is 5.91 Å². The first-order valence-corrected chi connectivity index (χ1v) is 7.40. The molecule has 23 heavy (non-hydrogen) atoms. The van der Waals surface area contributed by atoms with Crippen molar-refractivity contribution >= 4 is 16.9 Å². The molecule has 0 radical (unpaired) electrons. The highest BCUT2D eigenvalue weighted by Crippen LogP contribution is 2.22. The van der Waals surface area contributed by atoms with E-state index in [0.717, 1.165) is 27.9 Å². The molecule has 0 spiro atoms. The summed E-state index contributed by atoms with van der Waals surface area (Å²) in [4.78, 5) is 21.5. The molecule has 5 heteroatoms. The van der Waals surface area contributed by atoms with Crippen LogP contribution in [-0.2, 0) is 6.54 Å². The lowest BCUT2D eigenvalue weighted by Gasteiger charge is -2.19. The molecule has 1 aromatic heterocycles. The van der Waals surface area contributed by atoms with E-state index in [2.05, 4.69) is 9.97 Å². The maximum atomic E-state index is 12.6. The zero-order chi connectivity index (χ0) is 16.4. The second-order valence-corrected chi connectivity index (χ2v) is 5.61. The molecule has 0 saturated heterocycles. The number of rotatable bonds is 4. The van der Waals surface area contributed by atoms with Crippen molar-refractivity contribution in [1.82, 2.24) is 14.9 Å². The number of aromatic nitrogens is 2. The Kier molecular flexibility index (Phi) is 4.02. The lowest BCUT2D eigenvalue weighted by molar-refractivity contribution is 0.0784. The van der Waals surface area contributed by atoms with Crippen molar-refractivity contribution in [2.45, 2.75) is 13.5 Å². The van der Waals surface area contributed by atoms with Gasteiger partial charge in [0.1, 0.15) is 5.75 Å². The van der Waals surface area contributed by atoms with Gasteiger partial charge in [-0.25, -0.2) is 4.98 Å². The number of fused-ring (bicyclic) bond motifs is 1. The molecule has 1 N–H and O–H groups in total. The van der Waals surface area contributed by atoms with E-state index in [1.807, 2.05) is 37.3 Å². The van der Waals surface area contributed by atoms with E-state index in [4.69, 9.17) is 4.74 Å². The number of carbonyl (C=O) groups excluding carboxylic acids is 1. The smallest absolute Gasteiger partial charge is 0.253 e. The zero-order valence-corrected chi connectivity index (χ0v) is 13.5. The van der Waals surface area contributed by atoms with Gasteiger partial charge < -0.3 is 14.6 Å². The Balaban J connectivity index is 1.83. The third kappa shape index (κ3) is 3.04. The maximum absolute atomic E-state index is 12.6. The normalized spacial score (nSPS) is 10.7. The average Bonchev–Trinajstić information content (AvgIpc) is 3.01. The van der Waals surface area contributed by atoms with Crippen LogP contribution < -0.4 is 4.74 Å². The summed E-state index contributed by atoms with van der Waals surface area (Å²) in [6.45, 7) is 2.52. The number of methoxy groups -OCH3 is 1. The SMILES string of the molecule is COc1ccc(C)cc1CN(C)C(=O)c1ccc2nc[nH]c2c1. The van der Waals surface area contributed by atoms with Crippen LogP contribution in [0.5, 0.6) is 5.75 Å². The minimum Gasteiger partial charge on any atom is -0.496 e. The Morgan fingerprint density at radius 1 is 1.26 bits per heavy atom. The number of aromatic amines is 1. The third-order valence-corrected chi connectivity index (χ3v) is 3.86. The average molecular weight is 309 g/mol. The van der Waals surface area contributed by atoms with E-state index < -0.39 is 0 Å².